The topological polar surface area (TPSA) is 43.6 Å². The van der Waals surface area contributed by atoms with E-state index >= 15 is 0 Å². The van der Waals surface area contributed by atoms with E-state index in [1.165, 1.54) is 0 Å². The second-order valence-electron chi connectivity index (χ2n) is 4.67. The number of nitrogens with zero attached hydrogens (tertiary/aromatic N) is 4. The molecular formula is C15H14Cl2N4S. The van der Waals surface area contributed by atoms with E-state index in [9.17, 15) is 0 Å². The molecule has 0 aliphatic heterocycles. The smallest absolute Gasteiger partial charge is 0.191 e. The summed E-state index contributed by atoms with van der Waals surface area (Å²) in [6.07, 6.45) is 1.69. The average Bonchev–Trinajstić information content (AvgIpc) is 2.92. The van der Waals surface area contributed by atoms with Gasteiger partial charge in [-0.05, 0) is 11.3 Å². The molecule has 3 aromatic rings. The first-order chi connectivity index (χ1) is 10.7. The molecule has 2 aromatic heterocycles. The zero-order chi connectivity index (χ0) is 15.5. The molecule has 3 rings (SSSR count). The van der Waals surface area contributed by atoms with Crippen LogP contribution in [0.2, 0.25) is 5.15 Å². The van der Waals surface area contributed by atoms with Gasteiger partial charge in [0.25, 0.3) is 0 Å². The van der Waals surface area contributed by atoms with Crippen molar-refractivity contribution in [1.82, 2.24) is 19.7 Å². The average molecular weight is 353 g/mol. The van der Waals surface area contributed by atoms with Gasteiger partial charge in [0, 0.05) is 0 Å². The molecule has 1 aromatic carbocycles. The number of hydrogen-bond acceptors (Lipinski definition) is 4. The summed E-state index contributed by atoms with van der Waals surface area (Å²) in [5, 5.41) is 6.02. The number of halogens is 2. The molecule has 0 bridgehead atoms. The molecule has 114 valence electrons. The molecule has 0 saturated heterocycles. The van der Waals surface area contributed by atoms with Crippen molar-refractivity contribution < 1.29 is 0 Å². The molecule has 4 nitrogen and oxygen atoms in total. The molecule has 0 aliphatic rings. The Labute approximate surface area is 142 Å². The van der Waals surface area contributed by atoms with Crippen molar-refractivity contribution in [2.45, 2.75) is 24.0 Å². The summed E-state index contributed by atoms with van der Waals surface area (Å²) >= 11 is 14.3. The van der Waals surface area contributed by atoms with Crippen LogP contribution in [0.25, 0.3) is 11.0 Å². The number of rotatable bonds is 5. The first-order valence-corrected chi connectivity index (χ1v) is 8.70. The SMILES string of the molecule is CCSc1nc(Cl)c2cnn(CC(Cl)c3ccccc3)c2n1. The number of benzene rings is 1. The third-order valence-electron chi connectivity index (χ3n) is 3.20. The summed E-state index contributed by atoms with van der Waals surface area (Å²) in [5.41, 5.74) is 1.77. The Morgan fingerprint density at radius 2 is 2.00 bits per heavy atom. The van der Waals surface area contributed by atoms with Gasteiger partial charge in [-0.1, -0.05) is 60.6 Å². The highest BCUT2D eigenvalue weighted by Crippen LogP contribution is 2.27. The highest BCUT2D eigenvalue weighted by Gasteiger charge is 2.15. The van der Waals surface area contributed by atoms with Crippen LogP contribution in [0, 0.1) is 0 Å². The minimum Gasteiger partial charge on any atom is -0.245 e. The first-order valence-electron chi connectivity index (χ1n) is 6.90. The second kappa shape index (κ2) is 6.86. The second-order valence-corrected chi connectivity index (χ2v) is 6.79. The van der Waals surface area contributed by atoms with Crippen LogP contribution in [0.1, 0.15) is 17.9 Å². The van der Waals surface area contributed by atoms with Gasteiger partial charge in [-0.2, -0.15) is 5.10 Å². The summed E-state index contributed by atoms with van der Waals surface area (Å²) in [7, 11) is 0. The maximum absolute atomic E-state index is 6.50. The first kappa shape index (κ1) is 15.6. The fourth-order valence-corrected chi connectivity index (χ4v) is 3.25. The third kappa shape index (κ3) is 3.21. The largest absolute Gasteiger partial charge is 0.245 e. The number of aromatic nitrogens is 4. The Hall–Kier alpha value is -1.30. The summed E-state index contributed by atoms with van der Waals surface area (Å²) < 4.78 is 1.78. The van der Waals surface area contributed by atoms with Crippen molar-refractivity contribution in [2.75, 3.05) is 5.75 Å². The Bertz CT molecular complexity index is 776. The van der Waals surface area contributed by atoms with Gasteiger partial charge in [-0.15, -0.1) is 11.6 Å². The van der Waals surface area contributed by atoms with Gasteiger partial charge in [0.05, 0.1) is 23.5 Å². The van der Waals surface area contributed by atoms with E-state index in [0.29, 0.717) is 16.9 Å². The summed E-state index contributed by atoms with van der Waals surface area (Å²) in [4.78, 5) is 8.81. The quantitative estimate of drug-likeness (QED) is 0.292. The van der Waals surface area contributed by atoms with E-state index < -0.39 is 0 Å². The van der Waals surface area contributed by atoms with Gasteiger partial charge < -0.3 is 0 Å². The van der Waals surface area contributed by atoms with Crippen LogP contribution in [0.4, 0.5) is 0 Å². The summed E-state index contributed by atoms with van der Waals surface area (Å²) in [6, 6.07) is 9.92. The molecule has 0 fully saturated rings. The molecule has 22 heavy (non-hydrogen) atoms. The Morgan fingerprint density at radius 1 is 1.23 bits per heavy atom. The van der Waals surface area contributed by atoms with Crippen LogP contribution in [-0.4, -0.2) is 25.5 Å². The van der Waals surface area contributed by atoms with Crippen LogP contribution in [0.5, 0.6) is 0 Å². The zero-order valence-electron chi connectivity index (χ0n) is 11.9. The summed E-state index contributed by atoms with van der Waals surface area (Å²) in [5.74, 6) is 0.887. The maximum atomic E-state index is 6.50. The highest BCUT2D eigenvalue weighted by molar-refractivity contribution is 7.99. The van der Waals surface area contributed by atoms with Crippen LogP contribution in [0.3, 0.4) is 0 Å². The van der Waals surface area contributed by atoms with Gasteiger partial charge in [0.15, 0.2) is 10.8 Å². The Balaban J connectivity index is 1.94. The van der Waals surface area contributed by atoms with Gasteiger partial charge in [0.1, 0.15) is 5.15 Å². The molecule has 1 unspecified atom stereocenters. The fraction of sp³-hybridized carbons (Fsp3) is 0.267. The van der Waals surface area contributed by atoms with Crippen LogP contribution < -0.4 is 0 Å². The van der Waals surface area contributed by atoms with Crippen LogP contribution in [-0.2, 0) is 6.54 Å². The predicted molar refractivity (Wildman–Crippen MR) is 91.8 cm³/mol. The van der Waals surface area contributed by atoms with E-state index in [2.05, 4.69) is 15.1 Å². The van der Waals surface area contributed by atoms with Crippen molar-refractivity contribution in [3.8, 4) is 0 Å². The lowest BCUT2D eigenvalue weighted by molar-refractivity contribution is 0.613. The number of thioether (sulfide) groups is 1. The minimum atomic E-state index is -0.180. The highest BCUT2D eigenvalue weighted by atomic mass is 35.5. The molecule has 0 N–H and O–H groups in total. The van der Waals surface area contributed by atoms with E-state index in [4.69, 9.17) is 23.2 Å². The molecule has 0 saturated carbocycles. The lowest BCUT2D eigenvalue weighted by atomic mass is 10.1. The fourth-order valence-electron chi connectivity index (χ4n) is 2.15. The molecule has 2 heterocycles. The minimum absolute atomic E-state index is 0.180. The molecule has 0 amide bonds. The molecule has 0 radical (unpaired) electrons. The van der Waals surface area contributed by atoms with Gasteiger partial charge in [0.2, 0.25) is 0 Å². The van der Waals surface area contributed by atoms with E-state index in [1.807, 2.05) is 37.3 Å². The standard InChI is InChI=1S/C15H14Cl2N4S/c1-2-22-15-19-13(17)11-8-18-21(14(11)20-15)9-12(16)10-6-4-3-5-7-10/h3-8,12H,2,9H2,1H3. The lowest BCUT2D eigenvalue weighted by Crippen LogP contribution is -2.07. The van der Waals surface area contributed by atoms with E-state index in [-0.39, 0.29) is 5.38 Å². The van der Waals surface area contributed by atoms with E-state index in [1.54, 1.807) is 22.6 Å². The Morgan fingerprint density at radius 3 is 2.73 bits per heavy atom. The Kier molecular flexibility index (Phi) is 4.86. The molecule has 0 aliphatic carbocycles. The molecular weight excluding hydrogens is 339 g/mol. The van der Waals surface area contributed by atoms with Crippen molar-refractivity contribution in [3.05, 3.63) is 47.2 Å². The van der Waals surface area contributed by atoms with Crippen molar-refractivity contribution in [1.29, 1.82) is 0 Å². The number of hydrogen-bond donors (Lipinski definition) is 0. The van der Waals surface area contributed by atoms with Crippen molar-refractivity contribution >= 4 is 46.0 Å². The number of fused-ring (bicyclic) bond motifs is 1. The monoisotopic (exact) mass is 352 g/mol. The zero-order valence-corrected chi connectivity index (χ0v) is 14.2. The van der Waals surface area contributed by atoms with Crippen LogP contribution >= 0.6 is 35.0 Å². The number of alkyl halides is 1. The third-order valence-corrected chi connectivity index (χ3v) is 4.60. The van der Waals surface area contributed by atoms with Gasteiger partial charge in [-0.3, -0.25) is 0 Å². The van der Waals surface area contributed by atoms with Crippen molar-refractivity contribution in [2.24, 2.45) is 0 Å². The maximum Gasteiger partial charge on any atom is 0.191 e. The van der Waals surface area contributed by atoms with Gasteiger partial charge >= 0.3 is 0 Å². The predicted octanol–water partition coefficient (Wildman–Crippen LogP) is 4.57. The van der Waals surface area contributed by atoms with Gasteiger partial charge in [-0.25, -0.2) is 14.6 Å². The summed E-state index contributed by atoms with van der Waals surface area (Å²) in [6.45, 7) is 2.58. The normalized spacial score (nSPS) is 12.7. The lowest BCUT2D eigenvalue weighted by Gasteiger charge is -2.10. The van der Waals surface area contributed by atoms with Crippen LogP contribution in [0.15, 0.2) is 41.7 Å². The molecule has 7 heteroatoms. The van der Waals surface area contributed by atoms with Crippen molar-refractivity contribution in [3.63, 3.8) is 0 Å². The molecule has 1 atom stereocenters. The molecule has 0 spiro atoms. The van der Waals surface area contributed by atoms with E-state index in [0.717, 1.165) is 22.3 Å².